The second kappa shape index (κ2) is 5.46. The third kappa shape index (κ3) is 3.06. The van der Waals surface area contributed by atoms with E-state index in [-0.39, 0.29) is 0 Å². The molecule has 1 fully saturated rings. The minimum absolute atomic E-state index is 0.562. The molecule has 0 bridgehead atoms. The van der Waals surface area contributed by atoms with E-state index in [1.165, 1.54) is 25.0 Å². The predicted molar refractivity (Wildman–Crippen MR) is 74.7 cm³/mol. The molecule has 1 heterocycles. The maximum absolute atomic E-state index is 4.54. The van der Waals surface area contributed by atoms with Crippen molar-refractivity contribution in [3.63, 3.8) is 0 Å². The van der Waals surface area contributed by atoms with Crippen molar-refractivity contribution in [3.05, 3.63) is 17.5 Å². The molecule has 1 aliphatic rings. The molecule has 0 spiro atoms. The molecule has 4 nitrogen and oxygen atoms in total. The summed E-state index contributed by atoms with van der Waals surface area (Å²) in [5.41, 5.74) is 6.21. The lowest BCUT2D eigenvalue weighted by Gasteiger charge is -2.26. The lowest BCUT2D eigenvalue weighted by Crippen LogP contribution is -2.25. The minimum atomic E-state index is 0.562. The van der Waals surface area contributed by atoms with Crippen molar-refractivity contribution in [3.8, 4) is 0 Å². The maximum Gasteiger partial charge on any atom is 0.243 e. The van der Waals surface area contributed by atoms with Crippen LogP contribution in [0.5, 0.6) is 0 Å². The smallest absolute Gasteiger partial charge is 0.243 e. The summed E-state index contributed by atoms with van der Waals surface area (Å²) in [5, 5.41) is 4.54. The molecular weight excluding hydrogens is 224 g/mol. The Balaban J connectivity index is 2.13. The Morgan fingerprint density at radius 2 is 1.67 bits per heavy atom. The van der Waals surface area contributed by atoms with E-state index in [1.54, 1.807) is 0 Å². The topological polar surface area (TPSA) is 50.2 Å². The monoisotopic (exact) mass is 246 g/mol. The van der Waals surface area contributed by atoms with Crippen LogP contribution < -0.4 is 5.43 Å². The average Bonchev–Trinajstić information content (AvgIpc) is 2.27. The molecule has 0 aromatic carbocycles. The van der Waals surface area contributed by atoms with Gasteiger partial charge in [-0.25, -0.2) is 15.4 Å². The second-order valence-corrected chi connectivity index (χ2v) is 5.36. The number of hydrogen-bond acceptors (Lipinski definition) is 4. The first-order chi connectivity index (χ1) is 8.56. The zero-order valence-electron chi connectivity index (χ0n) is 11.7. The number of hydrazone groups is 1. The lowest BCUT2D eigenvalue weighted by molar-refractivity contribution is 0.486. The van der Waals surface area contributed by atoms with Gasteiger partial charge >= 0.3 is 0 Å². The van der Waals surface area contributed by atoms with Gasteiger partial charge in [-0.15, -0.1) is 0 Å². The van der Waals surface area contributed by atoms with E-state index >= 15 is 0 Å². The average molecular weight is 246 g/mol. The van der Waals surface area contributed by atoms with Crippen molar-refractivity contribution in [2.75, 3.05) is 5.43 Å². The van der Waals surface area contributed by atoms with E-state index in [0.29, 0.717) is 17.8 Å². The van der Waals surface area contributed by atoms with Gasteiger partial charge in [0.05, 0.1) is 0 Å². The van der Waals surface area contributed by atoms with Gasteiger partial charge in [-0.3, -0.25) is 0 Å². The number of aromatic nitrogens is 2. The molecule has 0 radical (unpaired) electrons. The Labute approximate surface area is 109 Å². The summed E-state index contributed by atoms with van der Waals surface area (Å²) >= 11 is 0. The van der Waals surface area contributed by atoms with Gasteiger partial charge in [0.25, 0.3) is 0 Å². The molecule has 18 heavy (non-hydrogen) atoms. The molecule has 0 saturated heterocycles. The highest BCUT2D eigenvalue weighted by Gasteiger charge is 2.22. The van der Waals surface area contributed by atoms with Crippen LogP contribution in [0.1, 0.15) is 44.5 Å². The fourth-order valence-electron chi connectivity index (χ4n) is 2.62. The third-order valence-corrected chi connectivity index (χ3v) is 3.55. The van der Waals surface area contributed by atoms with Gasteiger partial charge in [0.15, 0.2) is 0 Å². The number of nitrogens with zero attached hydrogens (tertiary/aromatic N) is 3. The van der Waals surface area contributed by atoms with E-state index < -0.39 is 0 Å². The van der Waals surface area contributed by atoms with Gasteiger partial charge in [0.1, 0.15) is 0 Å². The SMILES string of the molecule is Cc1cc(C)nc(NN=C2[C@H](C)CCC[C@@H]2C)n1. The van der Waals surface area contributed by atoms with Crippen LogP contribution in [-0.2, 0) is 0 Å². The quantitative estimate of drug-likeness (QED) is 0.814. The highest BCUT2D eigenvalue weighted by Crippen LogP contribution is 2.26. The molecular formula is C14H22N4. The van der Waals surface area contributed by atoms with Gasteiger partial charge in [-0.2, -0.15) is 5.10 Å². The number of nitrogens with one attached hydrogen (secondary N) is 1. The van der Waals surface area contributed by atoms with Crippen LogP contribution in [0.15, 0.2) is 11.2 Å². The summed E-state index contributed by atoms with van der Waals surface area (Å²) in [5.74, 6) is 1.73. The Morgan fingerprint density at radius 1 is 1.11 bits per heavy atom. The normalized spacial score (nSPS) is 26.3. The summed E-state index contributed by atoms with van der Waals surface area (Å²) in [4.78, 5) is 8.68. The molecule has 2 rings (SSSR count). The summed E-state index contributed by atoms with van der Waals surface area (Å²) in [6.07, 6.45) is 3.78. The van der Waals surface area contributed by atoms with E-state index in [0.717, 1.165) is 11.4 Å². The summed E-state index contributed by atoms with van der Waals surface area (Å²) in [7, 11) is 0. The molecule has 1 N–H and O–H groups in total. The molecule has 4 heteroatoms. The summed E-state index contributed by atoms with van der Waals surface area (Å²) in [6.45, 7) is 8.44. The Hall–Kier alpha value is -1.45. The van der Waals surface area contributed by atoms with Crippen LogP contribution in [0.2, 0.25) is 0 Å². The molecule has 1 aromatic heterocycles. The second-order valence-electron chi connectivity index (χ2n) is 5.36. The van der Waals surface area contributed by atoms with E-state index in [1.807, 2.05) is 19.9 Å². The lowest BCUT2D eigenvalue weighted by atomic mass is 9.81. The van der Waals surface area contributed by atoms with Crippen molar-refractivity contribution in [2.24, 2.45) is 16.9 Å². The van der Waals surface area contributed by atoms with Crippen molar-refractivity contribution < 1.29 is 0 Å². The van der Waals surface area contributed by atoms with Gasteiger partial charge in [-0.05, 0) is 44.6 Å². The fourth-order valence-corrected chi connectivity index (χ4v) is 2.62. The summed E-state index contributed by atoms with van der Waals surface area (Å²) < 4.78 is 0. The van der Waals surface area contributed by atoms with Crippen LogP contribution in [0, 0.1) is 25.7 Å². The number of rotatable bonds is 2. The van der Waals surface area contributed by atoms with Gasteiger partial charge in [0.2, 0.25) is 5.95 Å². The predicted octanol–water partition coefficient (Wildman–Crippen LogP) is 3.32. The van der Waals surface area contributed by atoms with Crippen LogP contribution in [0.4, 0.5) is 5.95 Å². The van der Waals surface area contributed by atoms with E-state index in [9.17, 15) is 0 Å². The maximum atomic E-state index is 4.54. The molecule has 1 aromatic rings. The first-order valence-electron chi connectivity index (χ1n) is 6.72. The molecule has 1 aliphatic carbocycles. The van der Waals surface area contributed by atoms with Gasteiger partial charge in [0, 0.05) is 17.1 Å². The largest absolute Gasteiger partial charge is 0.245 e. The first-order valence-corrected chi connectivity index (χ1v) is 6.72. The highest BCUT2D eigenvalue weighted by atomic mass is 15.4. The molecule has 0 amide bonds. The zero-order chi connectivity index (χ0) is 13.1. The zero-order valence-corrected chi connectivity index (χ0v) is 11.7. The van der Waals surface area contributed by atoms with Crippen LogP contribution in [0.25, 0.3) is 0 Å². The number of aryl methyl sites for hydroxylation is 2. The Kier molecular flexibility index (Phi) is 3.94. The van der Waals surface area contributed by atoms with Crippen LogP contribution in [0.3, 0.4) is 0 Å². The first kappa shape index (κ1) is 13.0. The Bertz CT molecular complexity index is 421. The number of anilines is 1. The van der Waals surface area contributed by atoms with Crippen molar-refractivity contribution in [2.45, 2.75) is 47.0 Å². The van der Waals surface area contributed by atoms with E-state index in [4.69, 9.17) is 0 Å². The van der Waals surface area contributed by atoms with Crippen LogP contribution >= 0.6 is 0 Å². The van der Waals surface area contributed by atoms with Crippen molar-refractivity contribution in [1.29, 1.82) is 0 Å². The highest BCUT2D eigenvalue weighted by molar-refractivity contribution is 5.89. The molecule has 98 valence electrons. The standard InChI is InChI=1S/C14H22N4/c1-9-6-5-7-10(2)13(9)17-18-14-15-11(3)8-12(4)16-14/h8-10H,5-7H2,1-4H3,(H,15,16,18)/t9-,10+. The van der Waals surface area contributed by atoms with Gasteiger partial charge < -0.3 is 0 Å². The van der Waals surface area contributed by atoms with Crippen molar-refractivity contribution in [1.82, 2.24) is 9.97 Å². The van der Waals surface area contributed by atoms with E-state index in [2.05, 4.69) is 34.3 Å². The third-order valence-electron chi connectivity index (χ3n) is 3.55. The van der Waals surface area contributed by atoms with Gasteiger partial charge in [-0.1, -0.05) is 20.3 Å². The molecule has 1 saturated carbocycles. The van der Waals surface area contributed by atoms with Crippen molar-refractivity contribution >= 4 is 11.7 Å². The minimum Gasteiger partial charge on any atom is -0.245 e. The molecule has 0 aliphatic heterocycles. The van der Waals surface area contributed by atoms with Crippen LogP contribution in [-0.4, -0.2) is 15.7 Å². The Morgan fingerprint density at radius 3 is 2.22 bits per heavy atom. The number of hydrogen-bond donors (Lipinski definition) is 1. The molecule has 0 unspecified atom stereocenters. The summed E-state index contributed by atoms with van der Waals surface area (Å²) in [6, 6.07) is 1.96. The fraction of sp³-hybridized carbons (Fsp3) is 0.643. The molecule has 2 atom stereocenters.